The van der Waals surface area contributed by atoms with E-state index in [0.29, 0.717) is 4.88 Å². The molecule has 1 amide bonds. The second-order valence-electron chi connectivity index (χ2n) is 2.99. The van der Waals surface area contributed by atoms with Crippen molar-refractivity contribution in [3.05, 3.63) is 10.6 Å². The first-order valence-electron chi connectivity index (χ1n) is 4.28. The molecule has 0 atom stereocenters. The van der Waals surface area contributed by atoms with Crippen LogP contribution in [0.2, 0.25) is 0 Å². The van der Waals surface area contributed by atoms with Crippen LogP contribution >= 0.6 is 11.3 Å². The molecule has 0 aliphatic carbocycles. The van der Waals surface area contributed by atoms with Gasteiger partial charge in [-0.25, -0.2) is 10.8 Å². The van der Waals surface area contributed by atoms with E-state index in [-0.39, 0.29) is 5.91 Å². The fraction of sp³-hybridized carbons (Fsp3) is 0.500. The Morgan fingerprint density at radius 1 is 1.64 bits per heavy atom. The molecule has 3 N–H and O–H groups in total. The van der Waals surface area contributed by atoms with Gasteiger partial charge < -0.3 is 4.90 Å². The van der Waals surface area contributed by atoms with E-state index in [1.54, 1.807) is 0 Å². The van der Waals surface area contributed by atoms with E-state index in [9.17, 15) is 4.79 Å². The number of rotatable bonds is 3. The Morgan fingerprint density at radius 3 is 2.71 bits per heavy atom. The van der Waals surface area contributed by atoms with E-state index >= 15 is 0 Å². The van der Waals surface area contributed by atoms with Gasteiger partial charge in [0.2, 0.25) is 0 Å². The third-order valence-corrected chi connectivity index (χ3v) is 3.00. The number of aromatic nitrogens is 1. The number of hydrogen-bond acceptors (Lipinski definition) is 5. The second-order valence-corrected chi connectivity index (χ2v) is 3.97. The highest BCUT2D eigenvalue weighted by molar-refractivity contribution is 7.17. The van der Waals surface area contributed by atoms with Gasteiger partial charge in [-0.3, -0.25) is 10.2 Å². The van der Waals surface area contributed by atoms with Crippen molar-refractivity contribution in [3.63, 3.8) is 0 Å². The number of nitrogens with one attached hydrogen (secondary N) is 1. The largest absolute Gasteiger partial charge is 0.354 e. The van der Waals surface area contributed by atoms with Gasteiger partial charge in [0.05, 0.1) is 5.69 Å². The van der Waals surface area contributed by atoms with E-state index in [0.717, 1.165) is 17.2 Å². The minimum atomic E-state index is -0.271. The van der Waals surface area contributed by atoms with Crippen molar-refractivity contribution >= 4 is 22.4 Å². The van der Waals surface area contributed by atoms with E-state index in [2.05, 4.69) is 10.4 Å². The zero-order valence-electron chi connectivity index (χ0n) is 8.50. The Labute approximate surface area is 86.9 Å². The third kappa shape index (κ3) is 2.02. The molecule has 0 unspecified atom stereocenters. The number of hydrazine groups is 1. The van der Waals surface area contributed by atoms with Crippen LogP contribution in [0, 0.1) is 0 Å². The molecule has 0 spiro atoms. The maximum atomic E-state index is 11.3. The Bertz CT molecular complexity index is 334. The molecule has 1 aromatic rings. The maximum absolute atomic E-state index is 11.3. The molecule has 0 aliphatic heterocycles. The van der Waals surface area contributed by atoms with Crippen molar-refractivity contribution in [2.45, 2.75) is 13.3 Å². The lowest BCUT2D eigenvalue weighted by atomic mass is 10.3. The van der Waals surface area contributed by atoms with Crippen LogP contribution < -0.4 is 16.2 Å². The first-order valence-corrected chi connectivity index (χ1v) is 5.09. The molecule has 5 nitrogen and oxygen atoms in total. The molecular weight excluding hydrogens is 200 g/mol. The summed E-state index contributed by atoms with van der Waals surface area (Å²) in [4.78, 5) is 18.1. The quantitative estimate of drug-likeness (QED) is 0.433. The molecule has 14 heavy (non-hydrogen) atoms. The van der Waals surface area contributed by atoms with Crippen molar-refractivity contribution in [1.29, 1.82) is 0 Å². The first kappa shape index (κ1) is 10.9. The highest BCUT2D eigenvalue weighted by atomic mass is 32.1. The van der Waals surface area contributed by atoms with Gasteiger partial charge in [-0.05, 0) is 6.42 Å². The number of aryl methyl sites for hydroxylation is 1. The number of hydrogen-bond donors (Lipinski definition) is 2. The minimum absolute atomic E-state index is 0.271. The van der Waals surface area contributed by atoms with Gasteiger partial charge in [-0.15, -0.1) is 0 Å². The molecule has 0 saturated carbocycles. The molecule has 0 aromatic carbocycles. The smallest absolute Gasteiger partial charge is 0.277 e. The topological polar surface area (TPSA) is 71.2 Å². The van der Waals surface area contributed by atoms with Gasteiger partial charge in [0.1, 0.15) is 4.88 Å². The molecule has 1 aromatic heterocycles. The molecule has 0 fully saturated rings. The molecule has 78 valence electrons. The lowest BCUT2D eigenvalue weighted by molar-refractivity contribution is 0.0956. The van der Waals surface area contributed by atoms with E-state index in [4.69, 9.17) is 5.84 Å². The standard InChI is InChI=1S/C8H14N4OS/c1-4-5-6(7(13)11-9)14-8(10-5)12(2)3/h4,9H2,1-3H3,(H,11,13). The first-order chi connectivity index (χ1) is 6.60. The number of nitrogens with zero attached hydrogens (tertiary/aromatic N) is 2. The van der Waals surface area contributed by atoms with Crippen LogP contribution in [0.3, 0.4) is 0 Å². The summed E-state index contributed by atoms with van der Waals surface area (Å²) in [7, 11) is 3.78. The number of carbonyl (C=O) groups excluding carboxylic acids is 1. The average molecular weight is 214 g/mol. The van der Waals surface area contributed by atoms with Crippen molar-refractivity contribution in [3.8, 4) is 0 Å². The average Bonchev–Trinajstić information content (AvgIpc) is 2.60. The molecular formula is C8H14N4OS. The second kappa shape index (κ2) is 4.39. The van der Waals surface area contributed by atoms with Crippen LogP contribution in [0.15, 0.2) is 0 Å². The molecule has 0 radical (unpaired) electrons. The third-order valence-electron chi connectivity index (χ3n) is 1.74. The van der Waals surface area contributed by atoms with Crippen LogP contribution in [-0.4, -0.2) is 25.0 Å². The number of carbonyl (C=O) groups is 1. The Hall–Kier alpha value is -1.14. The molecule has 1 rings (SSSR count). The zero-order chi connectivity index (χ0) is 10.7. The Balaban J connectivity index is 3.08. The van der Waals surface area contributed by atoms with Crippen LogP contribution in [0.1, 0.15) is 22.3 Å². The fourth-order valence-corrected chi connectivity index (χ4v) is 1.99. The summed E-state index contributed by atoms with van der Waals surface area (Å²) in [5.41, 5.74) is 2.91. The normalized spacial score (nSPS) is 10.0. The number of anilines is 1. The van der Waals surface area contributed by atoms with Crippen molar-refractivity contribution in [1.82, 2.24) is 10.4 Å². The van der Waals surface area contributed by atoms with Crippen LogP contribution in [-0.2, 0) is 6.42 Å². The van der Waals surface area contributed by atoms with Crippen LogP contribution in [0.4, 0.5) is 5.13 Å². The predicted octanol–water partition coefficient (Wildman–Crippen LogP) is 0.375. The highest BCUT2D eigenvalue weighted by Gasteiger charge is 2.16. The Morgan fingerprint density at radius 2 is 2.29 bits per heavy atom. The fourth-order valence-electron chi connectivity index (χ4n) is 1.01. The number of nitrogens with two attached hydrogens (primary N) is 1. The zero-order valence-corrected chi connectivity index (χ0v) is 9.31. The molecule has 6 heteroatoms. The van der Waals surface area contributed by atoms with Gasteiger partial charge in [-0.1, -0.05) is 18.3 Å². The highest BCUT2D eigenvalue weighted by Crippen LogP contribution is 2.24. The lowest BCUT2D eigenvalue weighted by Crippen LogP contribution is -2.30. The summed E-state index contributed by atoms with van der Waals surface area (Å²) in [6.07, 6.45) is 0.729. The van der Waals surface area contributed by atoms with Crippen molar-refractivity contribution < 1.29 is 4.79 Å². The van der Waals surface area contributed by atoms with E-state index < -0.39 is 0 Å². The molecule has 1 heterocycles. The van der Waals surface area contributed by atoms with Gasteiger partial charge in [-0.2, -0.15) is 0 Å². The summed E-state index contributed by atoms with van der Waals surface area (Å²) in [6, 6.07) is 0. The number of amides is 1. The van der Waals surface area contributed by atoms with E-state index in [1.807, 2.05) is 25.9 Å². The predicted molar refractivity (Wildman–Crippen MR) is 57.5 cm³/mol. The Kier molecular flexibility index (Phi) is 3.43. The summed E-state index contributed by atoms with van der Waals surface area (Å²) in [5, 5.41) is 0.820. The van der Waals surface area contributed by atoms with Crippen molar-refractivity contribution in [2.75, 3.05) is 19.0 Å². The van der Waals surface area contributed by atoms with Gasteiger partial charge >= 0.3 is 0 Å². The van der Waals surface area contributed by atoms with Gasteiger partial charge in [0.15, 0.2) is 5.13 Å². The summed E-state index contributed by atoms with van der Waals surface area (Å²) < 4.78 is 0. The van der Waals surface area contributed by atoms with E-state index in [1.165, 1.54) is 11.3 Å². The summed E-state index contributed by atoms with van der Waals surface area (Å²) in [5.74, 6) is 4.81. The van der Waals surface area contributed by atoms with Gasteiger partial charge in [0, 0.05) is 14.1 Å². The van der Waals surface area contributed by atoms with Gasteiger partial charge in [0.25, 0.3) is 5.91 Å². The summed E-state index contributed by atoms with van der Waals surface area (Å²) >= 11 is 1.35. The minimum Gasteiger partial charge on any atom is -0.354 e. The monoisotopic (exact) mass is 214 g/mol. The lowest BCUT2D eigenvalue weighted by Gasteiger charge is -2.05. The molecule has 0 saturated heterocycles. The van der Waals surface area contributed by atoms with Crippen molar-refractivity contribution in [2.24, 2.45) is 5.84 Å². The maximum Gasteiger partial charge on any atom is 0.277 e. The SMILES string of the molecule is CCc1nc(N(C)C)sc1C(=O)NN. The van der Waals surface area contributed by atoms with Crippen LogP contribution in [0.25, 0.3) is 0 Å². The molecule has 0 bridgehead atoms. The number of thiazole rings is 1. The molecule has 0 aliphatic rings. The number of nitrogen functional groups attached to an aromatic ring is 1. The van der Waals surface area contributed by atoms with Crippen LogP contribution in [0.5, 0.6) is 0 Å². The summed E-state index contributed by atoms with van der Waals surface area (Å²) in [6.45, 7) is 1.96.